The van der Waals surface area contributed by atoms with Gasteiger partial charge in [-0.25, -0.2) is 0 Å². The first-order valence-electron chi connectivity index (χ1n) is 4.08. The molecule has 0 N–H and O–H groups in total. The zero-order valence-electron chi connectivity index (χ0n) is 7.88. The fourth-order valence-corrected chi connectivity index (χ4v) is 2.16. The maximum absolute atomic E-state index is 11.6. The first-order chi connectivity index (χ1) is 6.56. The third-order valence-electron chi connectivity index (χ3n) is 1.80. The Balaban J connectivity index is 3.06. The number of Topliss-reactive ketones (excluding diaryl/α,β-unsaturated/α-hetero) is 1. The molecule has 1 aromatic rings. The molecule has 0 fully saturated rings. The summed E-state index contributed by atoms with van der Waals surface area (Å²) < 4.78 is 0. The van der Waals surface area contributed by atoms with Crippen molar-refractivity contribution in [2.45, 2.75) is 16.6 Å². The molecule has 0 amide bonds. The zero-order valence-corrected chi connectivity index (χ0v) is 11.0. The van der Waals surface area contributed by atoms with Gasteiger partial charge in [-0.15, -0.1) is 11.8 Å². The predicted molar refractivity (Wildman–Crippen MR) is 66.0 cm³/mol. The third kappa shape index (κ3) is 2.75. The molecular formula is C10H10BrClOS. The molecule has 0 heterocycles. The van der Waals surface area contributed by atoms with Crippen LogP contribution in [0.5, 0.6) is 0 Å². The van der Waals surface area contributed by atoms with Crippen molar-refractivity contribution >= 4 is 45.1 Å². The van der Waals surface area contributed by atoms with Gasteiger partial charge in [0, 0.05) is 10.5 Å². The summed E-state index contributed by atoms with van der Waals surface area (Å²) in [7, 11) is 0. The Bertz CT molecular complexity index is 352. The molecule has 1 nitrogen and oxygen atoms in total. The average Bonchev–Trinajstić information content (AvgIpc) is 2.17. The van der Waals surface area contributed by atoms with Crippen LogP contribution in [0, 0.1) is 0 Å². The van der Waals surface area contributed by atoms with Gasteiger partial charge in [-0.1, -0.05) is 27.5 Å². The number of carbonyl (C=O) groups excluding carboxylic acids is 1. The molecule has 0 aliphatic rings. The number of halogens is 2. The number of hydrogen-bond acceptors (Lipinski definition) is 2. The molecule has 0 saturated carbocycles. The van der Waals surface area contributed by atoms with E-state index in [4.69, 9.17) is 11.6 Å². The fraction of sp³-hybridized carbons (Fsp3) is 0.300. The summed E-state index contributed by atoms with van der Waals surface area (Å²) in [6, 6.07) is 5.34. The van der Waals surface area contributed by atoms with Crippen molar-refractivity contribution in [3.05, 3.63) is 28.8 Å². The van der Waals surface area contributed by atoms with Gasteiger partial charge in [0.15, 0.2) is 5.78 Å². The maximum atomic E-state index is 11.6. The Labute approximate surface area is 101 Å². The van der Waals surface area contributed by atoms with Gasteiger partial charge in [-0.2, -0.15) is 0 Å². The average molecular weight is 294 g/mol. The number of carbonyl (C=O) groups is 1. The minimum Gasteiger partial charge on any atom is -0.293 e. The van der Waals surface area contributed by atoms with Gasteiger partial charge >= 0.3 is 0 Å². The largest absolute Gasteiger partial charge is 0.293 e. The second-order valence-corrected chi connectivity index (χ2v) is 5.46. The van der Waals surface area contributed by atoms with Gasteiger partial charge in [0.2, 0.25) is 0 Å². The third-order valence-corrected chi connectivity index (χ3v) is 3.43. The van der Waals surface area contributed by atoms with E-state index in [-0.39, 0.29) is 10.6 Å². The van der Waals surface area contributed by atoms with Crippen molar-refractivity contribution in [1.29, 1.82) is 0 Å². The summed E-state index contributed by atoms with van der Waals surface area (Å²) >= 11 is 10.7. The number of benzene rings is 1. The molecule has 0 aliphatic heterocycles. The molecule has 1 unspecified atom stereocenters. The minimum atomic E-state index is -0.154. The smallest absolute Gasteiger partial charge is 0.176 e. The summed E-state index contributed by atoms with van der Waals surface area (Å²) in [5.74, 6) is 0.0805. The lowest BCUT2D eigenvalue weighted by molar-refractivity contribution is 0.0995. The molecule has 0 aromatic heterocycles. The zero-order chi connectivity index (χ0) is 10.7. The lowest BCUT2D eigenvalue weighted by atomic mass is 10.1. The lowest BCUT2D eigenvalue weighted by Gasteiger charge is -2.05. The van der Waals surface area contributed by atoms with Crippen molar-refractivity contribution < 1.29 is 4.79 Å². The van der Waals surface area contributed by atoms with Gasteiger partial charge in [0.05, 0.1) is 9.85 Å². The molecule has 0 spiro atoms. The molecule has 0 aliphatic carbocycles. The summed E-state index contributed by atoms with van der Waals surface area (Å²) in [5.41, 5.74) is 0.697. The van der Waals surface area contributed by atoms with E-state index in [0.29, 0.717) is 10.6 Å². The molecule has 14 heavy (non-hydrogen) atoms. The fourth-order valence-electron chi connectivity index (χ4n) is 1.04. The van der Waals surface area contributed by atoms with Gasteiger partial charge in [-0.05, 0) is 31.4 Å². The molecule has 1 aromatic carbocycles. The summed E-state index contributed by atoms with van der Waals surface area (Å²) in [4.78, 5) is 12.4. The second kappa shape index (κ2) is 5.19. The van der Waals surface area contributed by atoms with E-state index in [0.717, 1.165) is 4.90 Å². The van der Waals surface area contributed by atoms with Crippen LogP contribution in [-0.4, -0.2) is 16.9 Å². The summed E-state index contributed by atoms with van der Waals surface area (Å²) in [6.45, 7) is 1.82. The first kappa shape index (κ1) is 12.1. The van der Waals surface area contributed by atoms with Crippen LogP contribution in [0.15, 0.2) is 23.1 Å². The Hall–Kier alpha value is 0.01000. The van der Waals surface area contributed by atoms with Crippen LogP contribution in [0.2, 0.25) is 5.02 Å². The number of ketones is 1. The van der Waals surface area contributed by atoms with Crippen molar-refractivity contribution in [3.63, 3.8) is 0 Å². The Morgan fingerprint density at radius 2 is 2.21 bits per heavy atom. The molecule has 0 radical (unpaired) electrons. The van der Waals surface area contributed by atoms with Crippen LogP contribution in [0.3, 0.4) is 0 Å². The topological polar surface area (TPSA) is 17.1 Å². The van der Waals surface area contributed by atoms with Crippen molar-refractivity contribution in [3.8, 4) is 0 Å². The van der Waals surface area contributed by atoms with E-state index >= 15 is 0 Å². The van der Waals surface area contributed by atoms with E-state index in [1.54, 1.807) is 12.1 Å². The summed E-state index contributed by atoms with van der Waals surface area (Å²) in [6.07, 6.45) is 1.94. The Kier molecular flexibility index (Phi) is 4.48. The normalized spacial score (nSPS) is 12.6. The first-order valence-corrected chi connectivity index (χ1v) is 6.60. The molecule has 0 bridgehead atoms. The highest BCUT2D eigenvalue weighted by molar-refractivity contribution is 9.10. The van der Waals surface area contributed by atoms with Crippen LogP contribution in [0.4, 0.5) is 0 Å². The van der Waals surface area contributed by atoms with Gasteiger partial charge in [0.1, 0.15) is 0 Å². The molecule has 1 rings (SSSR count). The number of alkyl halides is 1. The van der Waals surface area contributed by atoms with E-state index in [9.17, 15) is 4.79 Å². The standard InChI is InChI=1S/C10H10BrClOS/c1-6(11)10(13)7-3-4-8(12)9(5-7)14-2/h3-6H,1-2H3. The molecule has 76 valence electrons. The Morgan fingerprint density at radius 1 is 1.57 bits per heavy atom. The minimum absolute atomic E-state index is 0.0805. The molecule has 1 atom stereocenters. The SMILES string of the molecule is CSc1cc(C(=O)C(C)Br)ccc1Cl. The predicted octanol–water partition coefficient (Wildman–Crippen LogP) is 4.03. The highest BCUT2D eigenvalue weighted by atomic mass is 79.9. The maximum Gasteiger partial charge on any atom is 0.176 e. The van der Waals surface area contributed by atoms with Crippen LogP contribution in [0.25, 0.3) is 0 Å². The quantitative estimate of drug-likeness (QED) is 0.475. The van der Waals surface area contributed by atoms with E-state index in [2.05, 4.69) is 15.9 Å². The molecule has 4 heteroatoms. The van der Waals surface area contributed by atoms with Crippen LogP contribution >= 0.6 is 39.3 Å². The van der Waals surface area contributed by atoms with Crippen LogP contribution < -0.4 is 0 Å². The van der Waals surface area contributed by atoms with Crippen molar-refractivity contribution in [2.24, 2.45) is 0 Å². The van der Waals surface area contributed by atoms with E-state index in [1.165, 1.54) is 11.8 Å². The monoisotopic (exact) mass is 292 g/mol. The number of rotatable bonds is 3. The molecule has 0 saturated heterocycles. The Morgan fingerprint density at radius 3 is 2.71 bits per heavy atom. The van der Waals surface area contributed by atoms with E-state index < -0.39 is 0 Å². The summed E-state index contributed by atoms with van der Waals surface area (Å²) in [5, 5.41) is 0.691. The highest BCUT2D eigenvalue weighted by Gasteiger charge is 2.13. The van der Waals surface area contributed by atoms with Crippen LogP contribution in [0.1, 0.15) is 17.3 Å². The van der Waals surface area contributed by atoms with Crippen LogP contribution in [-0.2, 0) is 0 Å². The second-order valence-electron chi connectivity index (χ2n) is 2.83. The lowest BCUT2D eigenvalue weighted by Crippen LogP contribution is -2.09. The van der Waals surface area contributed by atoms with Gasteiger partial charge in [-0.3, -0.25) is 4.79 Å². The molecular weight excluding hydrogens is 284 g/mol. The van der Waals surface area contributed by atoms with Crippen molar-refractivity contribution in [2.75, 3.05) is 6.26 Å². The number of thioether (sulfide) groups is 1. The van der Waals surface area contributed by atoms with Gasteiger partial charge in [0.25, 0.3) is 0 Å². The van der Waals surface area contributed by atoms with E-state index in [1.807, 2.05) is 19.2 Å². The highest BCUT2D eigenvalue weighted by Crippen LogP contribution is 2.27. The number of hydrogen-bond donors (Lipinski definition) is 0. The van der Waals surface area contributed by atoms with Gasteiger partial charge < -0.3 is 0 Å². The van der Waals surface area contributed by atoms with Crippen molar-refractivity contribution in [1.82, 2.24) is 0 Å².